The van der Waals surface area contributed by atoms with Crippen molar-refractivity contribution in [3.63, 3.8) is 0 Å². The molecule has 1 aromatic heterocycles. The maximum Gasteiger partial charge on any atom is 0.311 e. The van der Waals surface area contributed by atoms with Crippen molar-refractivity contribution in [2.45, 2.75) is 50.8 Å². The number of ether oxygens (including phenoxy) is 1. The third kappa shape index (κ3) is 3.55. The number of nitro groups is 1. The number of carbonyl (C=O) groups excluding carboxylic acids is 1. The minimum Gasteiger partial charge on any atom is -0.464 e. The van der Waals surface area contributed by atoms with E-state index < -0.39 is 10.7 Å². The van der Waals surface area contributed by atoms with E-state index in [-0.39, 0.29) is 29.6 Å². The average molecular weight is 428 g/mol. The van der Waals surface area contributed by atoms with Crippen LogP contribution in [0.2, 0.25) is 0 Å². The normalized spacial score (nSPS) is 28.5. The molecule has 4 fully saturated rings. The van der Waals surface area contributed by atoms with Crippen molar-refractivity contribution in [2.24, 2.45) is 17.8 Å². The Morgan fingerprint density at radius 2 is 1.90 bits per heavy atom. The highest BCUT2D eigenvalue weighted by molar-refractivity contribution is 5.92. The van der Waals surface area contributed by atoms with Gasteiger partial charge in [-0.3, -0.25) is 14.9 Å². The molecule has 6 rings (SSSR count). The second kappa shape index (κ2) is 7.32. The zero-order chi connectivity index (χ0) is 21.8. The van der Waals surface area contributed by atoms with Crippen LogP contribution in [-0.4, -0.2) is 38.1 Å². The predicted octanol–water partition coefficient (Wildman–Crippen LogP) is 4.01. The van der Waals surface area contributed by atoms with Crippen molar-refractivity contribution in [1.29, 1.82) is 0 Å². The zero-order valence-corrected chi connectivity index (χ0v) is 17.4. The lowest BCUT2D eigenvalue weighted by Crippen LogP contribution is -2.60. The molecule has 9 heteroatoms. The highest BCUT2D eigenvalue weighted by atomic mass is 19.1. The van der Waals surface area contributed by atoms with Crippen LogP contribution in [0.1, 0.15) is 49.0 Å². The predicted molar refractivity (Wildman–Crippen MR) is 109 cm³/mol. The largest absolute Gasteiger partial charge is 0.464 e. The van der Waals surface area contributed by atoms with Gasteiger partial charge in [0, 0.05) is 30.9 Å². The molecule has 0 spiro atoms. The molecule has 4 aliphatic rings. The molecular weight excluding hydrogens is 403 g/mol. The molecule has 4 aliphatic carbocycles. The molecule has 0 radical (unpaired) electrons. The molecule has 4 saturated carbocycles. The number of nitrogens with zero attached hydrogens (tertiary/aromatic N) is 4. The van der Waals surface area contributed by atoms with E-state index >= 15 is 0 Å². The number of aromatic nitrogens is 2. The first-order chi connectivity index (χ1) is 14.8. The van der Waals surface area contributed by atoms with E-state index in [1.165, 1.54) is 23.9 Å². The summed E-state index contributed by atoms with van der Waals surface area (Å²) in [6.07, 6.45) is 8.74. The van der Waals surface area contributed by atoms with Crippen molar-refractivity contribution < 1.29 is 18.8 Å². The number of benzene rings is 1. The fraction of sp³-hybridized carbons (Fsp3) is 0.545. The molecule has 0 N–H and O–H groups in total. The molecular formula is C22H25FN4O4. The van der Waals surface area contributed by atoms with Crippen molar-refractivity contribution in [3.8, 4) is 5.75 Å². The zero-order valence-electron chi connectivity index (χ0n) is 17.4. The molecule has 8 nitrogen and oxygen atoms in total. The van der Waals surface area contributed by atoms with E-state index in [1.807, 2.05) is 11.9 Å². The number of hydrogen-bond donors (Lipinski definition) is 0. The second-order valence-electron chi connectivity index (χ2n) is 9.39. The van der Waals surface area contributed by atoms with Crippen LogP contribution in [0.15, 0.2) is 30.5 Å². The topological polar surface area (TPSA) is 90.5 Å². The van der Waals surface area contributed by atoms with Gasteiger partial charge in [0.15, 0.2) is 12.4 Å². The summed E-state index contributed by atoms with van der Waals surface area (Å²) in [6, 6.07) is 4.66. The standard InChI is InChI=1S/C22H25FN4O4/c1-25(22-10-14-6-15(11-22)8-16(7-14)12-22)21(28)18-4-5-26(24-18)13-31-20-9-17(23)2-3-19(20)27(29)30/h2-5,9,14-16H,6-8,10-13H2,1H3. The first kappa shape index (κ1) is 20.0. The van der Waals surface area contributed by atoms with Crippen LogP contribution < -0.4 is 4.74 Å². The summed E-state index contributed by atoms with van der Waals surface area (Å²) in [4.78, 5) is 25.6. The van der Waals surface area contributed by atoms with Crippen molar-refractivity contribution in [2.75, 3.05) is 7.05 Å². The smallest absolute Gasteiger partial charge is 0.311 e. The number of nitro benzene ring substituents is 1. The number of hydrogen-bond acceptors (Lipinski definition) is 5. The third-order valence-electron chi connectivity index (χ3n) is 7.35. The number of carbonyl (C=O) groups is 1. The highest BCUT2D eigenvalue weighted by Crippen LogP contribution is 2.57. The Labute approximate surface area is 179 Å². The van der Waals surface area contributed by atoms with E-state index in [0.717, 1.165) is 55.2 Å². The summed E-state index contributed by atoms with van der Waals surface area (Å²) >= 11 is 0. The molecule has 1 heterocycles. The van der Waals surface area contributed by atoms with E-state index in [1.54, 1.807) is 12.3 Å². The minimum atomic E-state index is -0.632. The van der Waals surface area contributed by atoms with Crippen molar-refractivity contribution >= 4 is 11.6 Å². The second-order valence-corrected chi connectivity index (χ2v) is 9.39. The SMILES string of the molecule is CN(C(=O)c1ccn(COc2cc(F)ccc2[N+](=O)[O-])n1)C12CC3CC(CC(C3)C1)C2. The van der Waals surface area contributed by atoms with Crippen LogP contribution in [0.4, 0.5) is 10.1 Å². The summed E-state index contributed by atoms with van der Waals surface area (Å²) < 4.78 is 20.3. The average Bonchev–Trinajstić information content (AvgIpc) is 3.19. The molecule has 0 aliphatic heterocycles. The van der Waals surface area contributed by atoms with Gasteiger partial charge in [-0.15, -0.1) is 0 Å². The Balaban J connectivity index is 1.28. The summed E-state index contributed by atoms with van der Waals surface area (Å²) in [5.74, 6) is 1.27. The van der Waals surface area contributed by atoms with Crippen molar-refractivity contribution in [1.82, 2.24) is 14.7 Å². The molecule has 1 amide bonds. The van der Waals surface area contributed by atoms with Gasteiger partial charge >= 0.3 is 5.69 Å². The number of halogens is 1. The van der Waals surface area contributed by atoms with Gasteiger partial charge in [-0.1, -0.05) is 0 Å². The van der Waals surface area contributed by atoms with E-state index in [4.69, 9.17) is 4.74 Å². The molecule has 0 saturated heterocycles. The van der Waals surface area contributed by atoms with Gasteiger partial charge in [-0.05, 0) is 68.4 Å². The van der Waals surface area contributed by atoms with E-state index in [9.17, 15) is 19.3 Å². The number of amides is 1. The van der Waals surface area contributed by atoms with Gasteiger partial charge < -0.3 is 9.64 Å². The highest BCUT2D eigenvalue weighted by Gasteiger charge is 2.54. The van der Waals surface area contributed by atoms with Gasteiger partial charge in [-0.2, -0.15) is 5.10 Å². The fourth-order valence-electron chi connectivity index (χ4n) is 6.30. The van der Waals surface area contributed by atoms with Gasteiger partial charge in [-0.25, -0.2) is 9.07 Å². The van der Waals surface area contributed by atoms with Gasteiger partial charge in [0.1, 0.15) is 5.82 Å². The Morgan fingerprint density at radius 3 is 2.52 bits per heavy atom. The maximum absolute atomic E-state index is 13.5. The van der Waals surface area contributed by atoms with Crippen LogP contribution in [0.5, 0.6) is 5.75 Å². The molecule has 1 aromatic carbocycles. The lowest BCUT2D eigenvalue weighted by atomic mass is 9.52. The molecule has 164 valence electrons. The summed E-state index contributed by atoms with van der Waals surface area (Å²) in [5, 5.41) is 15.4. The Kier molecular flexibility index (Phi) is 4.71. The minimum absolute atomic E-state index is 0.0612. The Hall–Kier alpha value is -2.97. The van der Waals surface area contributed by atoms with Gasteiger partial charge in [0.25, 0.3) is 5.91 Å². The summed E-state index contributed by atoms with van der Waals surface area (Å²) in [5.41, 5.74) is -0.0733. The lowest BCUT2D eigenvalue weighted by Gasteiger charge is -2.59. The van der Waals surface area contributed by atoms with Crippen LogP contribution >= 0.6 is 0 Å². The van der Waals surface area contributed by atoms with Crippen LogP contribution in [0.25, 0.3) is 0 Å². The molecule has 0 unspecified atom stereocenters. The lowest BCUT2D eigenvalue weighted by molar-refractivity contribution is -0.386. The molecule has 0 atom stereocenters. The number of rotatable bonds is 6. The van der Waals surface area contributed by atoms with E-state index in [2.05, 4.69) is 5.10 Å². The Bertz CT molecular complexity index is 1000. The van der Waals surface area contributed by atoms with E-state index in [0.29, 0.717) is 5.69 Å². The fourth-order valence-corrected chi connectivity index (χ4v) is 6.30. The monoisotopic (exact) mass is 428 g/mol. The summed E-state index contributed by atoms with van der Waals surface area (Å²) in [7, 11) is 1.89. The Morgan fingerprint density at radius 1 is 1.26 bits per heavy atom. The summed E-state index contributed by atoms with van der Waals surface area (Å²) in [6.45, 7) is -0.168. The van der Waals surface area contributed by atoms with Crippen LogP contribution in [0, 0.1) is 33.7 Å². The first-order valence-corrected chi connectivity index (χ1v) is 10.7. The van der Waals surface area contributed by atoms with Gasteiger partial charge in [0.05, 0.1) is 4.92 Å². The molecule has 31 heavy (non-hydrogen) atoms. The van der Waals surface area contributed by atoms with Crippen LogP contribution in [-0.2, 0) is 6.73 Å². The molecule has 2 aromatic rings. The first-order valence-electron chi connectivity index (χ1n) is 10.7. The third-order valence-corrected chi connectivity index (χ3v) is 7.35. The van der Waals surface area contributed by atoms with Gasteiger partial charge in [0.2, 0.25) is 5.75 Å². The maximum atomic E-state index is 13.5. The quantitative estimate of drug-likeness (QED) is 0.512. The van der Waals surface area contributed by atoms with Crippen LogP contribution in [0.3, 0.4) is 0 Å². The molecule has 4 bridgehead atoms. The van der Waals surface area contributed by atoms with Crippen molar-refractivity contribution in [3.05, 3.63) is 52.1 Å².